The van der Waals surface area contributed by atoms with Crippen molar-refractivity contribution >= 4 is 22.8 Å². The highest BCUT2D eigenvalue weighted by Crippen LogP contribution is 2.15. The average molecular weight is 213 g/mol. The molecular formula is C12H11N3O. The Morgan fingerprint density at radius 2 is 2.12 bits per heavy atom. The van der Waals surface area contributed by atoms with Gasteiger partial charge in [0, 0.05) is 24.5 Å². The Bertz CT molecular complexity index is 583. The number of carbonyl (C=O) groups excluding carboxylic acids is 1. The third-order valence-corrected chi connectivity index (χ3v) is 2.68. The molecule has 2 heterocycles. The summed E-state index contributed by atoms with van der Waals surface area (Å²) in [4.78, 5) is 15.3. The van der Waals surface area contributed by atoms with Gasteiger partial charge in [-0.2, -0.15) is 4.99 Å². The van der Waals surface area contributed by atoms with Gasteiger partial charge >= 0.3 is 0 Å². The van der Waals surface area contributed by atoms with Crippen LogP contribution in [0.2, 0.25) is 0 Å². The summed E-state index contributed by atoms with van der Waals surface area (Å²) in [6, 6.07) is 10.0. The van der Waals surface area contributed by atoms with Crippen molar-refractivity contribution in [2.24, 2.45) is 4.99 Å². The van der Waals surface area contributed by atoms with Crippen molar-refractivity contribution in [2.45, 2.75) is 6.42 Å². The molecule has 3 rings (SSSR count). The van der Waals surface area contributed by atoms with E-state index in [2.05, 4.69) is 10.3 Å². The fourth-order valence-corrected chi connectivity index (χ4v) is 1.90. The molecule has 1 amide bonds. The molecule has 4 heteroatoms. The third kappa shape index (κ3) is 1.39. The number of benzene rings is 1. The SMILES string of the molecule is O=C1CCNC(n2ccc3ccccc32)=N1. The van der Waals surface area contributed by atoms with Crippen LogP contribution >= 0.6 is 0 Å². The van der Waals surface area contributed by atoms with Gasteiger partial charge in [-0.15, -0.1) is 0 Å². The molecule has 0 radical (unpaired) electrons. The van der Waals surface area contributed by atoms with E-state index in [0.717, 1.165) is 10.9 Å². The molecule has 0 aliphatic carbocycles. The first-order valence-corrected chi connectivity index (χ1v) is 5.26. The Morgan fingerprint density at radius 3 is 3.00 bits per heavy atom. The maximum absolute atomic E-state index is 11.3. The van der Waals surface area contributed by atoms with Gasteiger partial charge in [-0.3, -0.25) is 9.36 Å². The zero-order chi connectivity index (χ0) is 11.0. The first-order valence-electron chi connectivity index (χ1n) is 5.26. The zero-order valence-corrected chi connectivity index (χ0v) is 8.68. The molecule has 0 atom stereocenters. The minimum Gasteiger partial charge on any atom is -0.355 e. The number of nitrogens with one attached hydrogen (secondary N) is 1. The Kier molecular flexibility index (Phi) is 1.99. The molecule has 1 N–H and O–H groups in total. The lowest BCUT2D eigenvalue weighted by atomic mass is 10.2. The highest BCUT2D eigenvalue weighted by molar-refractivity contribution is 6.01. The molecule has 0 unspecified atom stereocenters. The zero-order valence-electron chi connectivity index (χ0n) is 8.68. The van der Waals surface area contributed by atoms with Crippen molar-refractivity contribution in [1.82, 2.24) is 9.88 Å². The quantitative estimate of drug-likeness (QED) is 0.718. The summed E-state index contributed by atoms with van der Waals surface area (Å²) in [5, 5.41) is 4.28. The van der Waals surface area contributed by atoms with Crippen LogP contribution in [-0.4, -0.2) is 23.0 Å². The van der Waals surface area contributed by atoms with Crippen LogP contribution in [0.3, 0.4) is 0 Å². The van der Waals surface area contributed by atoms with Crippen LogP contribution in [0.25, 0.3) is 10.9 Å². The highest BCUT2D eigenvalue weighted by Gasteiger charge is 2.13. The first kappa shape index (κ1) is 9.15. The second kappa shape index (κ2) is 3.48. The Balaban J connectivity index is 2.15. The van der Waals surface area contributed by atoms with E-state index in [1.54, 1.807) is 0 Å². The number of fused-ring (bicyclic) bond motifs is 1. The molecule has 1 aromatic heterocycles. The van der Waals surface area contributed by atoms with E-state index in [1.165, 1.54) is 0 Å². The van der Waals surface area contributed by atoms with Crippen molar-refractivity contribution in [3.05, 3.63) is 36.5 Å². The number of para-hydroxylation sites is 1. The predicted octanol–water partition coefficient (Wildman–Crippen LogP) is 1.37. The van der Waals surface area contributed by atoms with Gasteiger partial charge in [0.25, 0.3) is 5.91 Å². The number of aliphatic imine (C=N–C) groups is 1. The van der Waals surface area contributed by atoms with E-state index in [1.807, 2.05) is 41.1 Å². The third-order valence-electron chi connectivity index (χ3n) is 2.68. The van der Waals surface area contributed by atoms with Crippen molar-refractivity contribution in [3.63, 3.8) is 0 Å². The van der Waals surface area contributed by atoms with E-state index < -0.39 is 0 Å². The van der Waals surface area contributed by atoms with E-state index in [9.17, 15) is 4.79 Å². The molecule has 0 fully saturated rings. The van der Waals surface area contributed by atoms with Crippen molar-refractivity contribution in [1.29, 1.82) is 0 Å². The van der Waals surface area contributed by atoms with Gasteiger partial charge in [0.2, 0.25) is 5.96 Å². The number of aromatic nitrogens is 1. The lowest BCUT2D eigenvalue weighted by molar-refractivity contribution is -0.117. The highest BCUT2D eigenvalue weighted by atomic mass is 16.1. The Hall–Kier alpha value is -2.10. The molecule has 16 heavy (non-hydrogen) atoms. The van der Waals surface area contributed by atoms with Gasteiger partial charge in [0.1, 0.15) is 0 Å². The fourth-order valence-electron chi connectivity index (χ4n) is 1.90. The maximum atomic E-state index is 11.3. The van der Waals surface area contributed by atoms with Gasteiger partial charge in [0.15, 0.2) is 0 Å². The maximum Gasteiger partial charge on any atom is 0.250 e. The summed E-state index contributed by atoms with van der Waals surface area (Å²) in [5.41, 5.74) is 1.06. The number of carbonyl (C=O) groups is 1. The standard InChI is InChI=1S/C12H11N3O/c16-11-5-7-13-12(14-11)15-8-6-9-3-1-2-4-10(9)15/h1-4,6,8H,5,7H2,(H,13,14,16). The minimum atomic E-state index is -0.0634. The molecule has 2 aromatic rings. The molecule has 4 nitrogen and oxygen atoms in total. The van der Waals surface area contributed by atoms with Gasteiger partial charge in [-0.25, -0.2) is 0 Å². The lowest BCUT2D eigenvalue weighted by Gasteiger charge is -2.14. The lowest BCUT2D eigenvalue weighted by Crippen LogP contribution is -2.36. The number of amides is 1. The topological polar surface area (TPSA) is 46.4 Å². The molecule has 80 valence electrons. The molecule has 0 saturated carbocycles. The number of rotatable bonds is 0. The Labute approximate surface area is 92.6 Å². The monoisotopic (exact) mass is 213 g/mol. The molecule has 1 aliphatic heterocycles. The minimum absolute atomic E-state index is 0.0634. The van der Waals surface area contributed by atoms with Crippen LogP contribution in [0.5, 0.6) is 0 Å². The number of hydrogen-bond acceptors (Lipinski definition) is 2. The van der Waals surface area contributed by atoms with Gasteiger partial charge in [-0.1, -0.05) is 18.2 Å². The Morgan fingerprint density at radius 1 is 1.25 bits per heavy atom. The van der Waals surface area contributed by atoms with Crippen LogP contribution in [0.1, 0.15) is 6.42 Å². The molecule has 0 spiro atoms. The summed E-state index contributed by atoms with van der Waals surface area (Å²) in [5.74, 6) is 0.559. The van der Waals surface area contributed by atoms with Gasteiger partial charge < -0.3 is 5.32 Å². The predicted molar refractivity (Wildman–Crippen MR) is 62.4 cm³/mol. The van der Waals surface area contributed by atoms with Gasteiger partial charge in [0.05, 0.1) is 5.52 Å². The van der Waals surface area contributed by atoms with E-state index in [0.29, 0.717) is 18.9 Å². The van der Waals surface area contributed by atoms with Crippen molar-refractivity contribution in [2.75, 3.05) is 6.54 Å². The largest absolute Gasteiger partial charge is 0.355 e. The van der Waals surface area contributed by atoms with Gasteiger partial charge in [-0.05, 0) is 12.1 Å². The van der Waals surface area contributed by atoms with Crippen molar-refractivity contribution in [3.8, 4) is 0 Å². The molecule has 0 saturated heterocycles. The summed E-state index contributed by atoms with van der Waals surface area (Å²) in [7, 11) is 0. The van der Waals surface area contributed by atoms with Crippen LogP contribution in [0, 0.1) is 0 Å². The summed E-state index contributed by atoms with van der Waals surface area (Å²) >= 11 is 0. The summed E-state index contributed by atoms with van der Waals surface area (Å²) in [6.45, 7) is 0.657. The first-order chi connectivity index (χ1) is 7.84. The van der Waals surface area contributed by atoms with Crippen LogP contribution in [0.4, 0.5) is 0 Å². The molecule has 1 aliphatic rings. The summed E-state index contributed by atoms with van der Waals surface area (Å²) < 4.78 is 1.91. The number of hydrogen-bond donors (Lipinski definition) is 1. The van der Waals surface area contributed by atoms with E-state index in [-0.39, 0.29) is 5.91 Å². The molecule has 0 bridgehead atoms. The second-order valence-electron chi connectivity index (χ2n) is 3.75. The second-order valence-corrected chi connectivity index (χ2v) is 3.75. The average Bonchev–Trinajstić information content (AvgIpc) is 2.72. The van der Waals surface area contributed by atoms with Crippen LogP contribution in [-0.2, 0) is 4.79 Å². The molecular weight excluding hydrogens is 202 g/mol. The summed E-state index contributed by atoms with van der Waals surface area (Å²) in [6.07, 6.45) is 2.40. The fraction of sp³-hybridized carbons (Fsp3) is 0.167. The van der Waals surface area contributed by atoms with Crippen LogP contribution in [0.15, 0.2) is 41.5 Å². The van der Waals surface area contributed by atoms with Crippen LogP contribution < -0.4 is 5.32 Å². The van der Waals surface area contributed by atoms with Crippen molar-refractivity contribution < 1.29 is 4.79 Å². The smallest absolute Gasteiger partial charge is 0.250 e. The normalized spacial score (nSPS) is 16.0. The van der Waals surface area contributed by atoms with E-state index in [4.69, 9.17) is 0 Å². The molecule has 1 aromatic carbocycles. The number of nitrogens with zero attached hydrogens (tertiary/aromatic N) is 2. The van der Waals surface area contributed by atoms with E-state index >= 15 is 0 Å².